The van der Waals surface area contributed by atoms with Crippen molar-refractivity contribution in [3.8, 4) is 0 Å². The van der Waals surface area contributed by atoms with Crippen LogP contribution in [0.1, 0.15) is 60.3 Å². The number of halogens is 1. The van der Waals surface area contributed by atoms with E-state index in [1.165, 1.54) is 29.3 Å². The molecule has 0 spiro atoms. The third-order valence-electron chi connectivity index (χ3n) is 7.10. The molecule has 2 aromatic heterocycles. The summed E-state index contributed by atoms with van der Waals surface area (Å²) in [7, 11) is 0. The number of nitrogens with zero attached hydrogens (tertiary/aromatic N) is 3. The van der Waals surface area contributed by atoms with E-state index in [4.69, 9.17) is 4.74 Å². The third-order valence-corrected chi connectivity index (χ3v) is 7.10. The zero-order valence-electron chi connectivity index (χ0n) is 21.8. The van der Waals surface area contributed by atoms with Crippen molar-refractivity contribution in [3.63, 3.8) is 0 Å². The highest BCUT2D eigenvalue weighted by molar-refractivity contribution is 6.18. The Balaban J connectivity index is 1.68. The number of benzene rings is 1. The second kappa shape index (κ2) is 10.4. The number of H-pyrrole nitrogens is 1. The average Bonchev–Trinajstić information content (AvgIpc) is 3.17. The van der Waals surface area contributed by atoms with Gasteiger partial charge in [0.2, 0.25) is 5.91 Å². The maximum Gasteiger partial charge on any atom is 0.342 e. The molecule has 3 aromatic rings. The van der Waals surface area contributed by atoms with Gasteiger partial charge >= 0.3 is 5.97 Å². The number of rotatable bonds is 4. The first-order chi connectivity index (χ1) is 18.2. The number of piperidine rings is 1. The number of aromatic amines is 1. The van der Waals surface area contributed by atoms with Crippen molar-refractivity contribution in [3.05, 3.63) is 70.9 Å². The minimum atomic E-state index is -0.909. The molecule has 38 heavy (non-hydrogen) atoms. The van der Waals surface area contributed by atoms with E-state index in [2.05, 4.69) is 9.97 Å². The molecule has 1 N–H and O–H groups in total. The summed E-state index contributed by atoms with van der Waals surface area (Å²) in [6.45, 7) is 6.30. The maximum atomic E-state index is 14.0. The summed E-state index contributed by atoms with van der Waals surface area (Å²) < 4.78 is 19.6. The standard InChI is InChI=1S/C29H31FN4O4/c1-17(2)38-29(37)22-16-34(27(35)19-9-10-23(30)18(3)14-19)24(28(36)33-12-5-4-6-13-33)15-21-20-8-7-11-31-26(20)32-25(21)22/h7-11,14,16-17,24H,4-6,12-13,15H2,1-3H3,(H,31,32). The van der Waals surface area contributed by atoms with Crippen molar-refractivity contribution in [2.24, 2.45) is 0 Å². The van der Waals surface area contributed by atoms with Crippen LogP contribution in [0.3, 0.4) is 0 Å². The van der Waals surface area contributed by atoms with E-state index in [9.17, 15) is 18.8 Å². The van der Waals surface area contributed by atoms with Gasteiger partial charge < -0.3 is 19.5 Å². The second-order valence-corrected chi connectivity index (χ2v) is 10.2. The van der Waals surface area contributed by atoms with Crippen molar-refractivity contribution in [1.29, 1.82) is 0 Å². The van der Waals surface area contributed by atoms with E-state index < -0.39 is 29.8 Å². The molecule has 8 nitrogen and oxygen atoms in total. The van der Waals surface area contributed by atoms with Crippen LogP contribution in [0.4, 0.5) is 4.39 Å². The quantitative estimate of drug-likeness (QED) is 0.517. The highest BCUT2D eigenvalue weighted by Gasteiger charge is 2.39. The Morgan fingerprint density at radius 3 is 2.61 bits per heavy atom. The van der Waals surface area contributed by atoms with Gasteiger partial charge in [0, 0.05) is 42.9 Å². The van der Waals surface area contributed by atoms with E-state index in [-0.39, 0.29) is 23.5 Å². The molecule has 1 aromatic carbocycles. The van der Waals surface area contributed by atoms with Crippen LogP contribution in [0, 0.1) is 12.7 Å². The monoisotopic (exact) mass is 518 g/mol. The van der Waals surface area contributed by atoms with Crippen molar-refractivity contribution in [2.75, 3.05) is 13.1 Å². The predicted octanol–water partition coefficient (Wildman–Crippen LogP) is 4.38. The van der Waals surface area contributed by atoms with Crippen molar-refractivity contribution in [1.82, 2.24) is 19.8 Å². The van der Waals surface area contributed by atoms with Gasteiger partial charge in [-0.15, -0.1) is 0 Å². The molecule has 0 saturated carbocycles. The first-order valence-corrected chi connectivity index (χ1v) is 13.0. The number of carbonyl (C=O) groups excluding carboxylic acids is 3. The van der Waals surface area contributed by atoms with E-state index in [1.807, 2.05) is 6.07 Å². The molecular formula is C29H31FN4O4. The zero-order valence-corrected chi connectivity index (χ0v) is 21.8. The van der Waals surface area contributed by atoms with Gasteiger partial charge in [-0.3, -0.25) is 9.59 Å². The lowest BCUT2D eigenvalue weighted by molar-refractivity contribution is -0.140. The fourth-order valence-electron chi connectivity index (χ4n) is 5.19. The normalized spacial score (nSPS) is 17.7. The van der Waals surface area contributed by atoms with Crippen molar-refractivity contribution < 1.29 is 23.5 Å². The van der Waals surface area contributed by atoms with Crippen LogP contribution >= 0.6 is 0 Å². The van der Waals surface area contributed by atoms with Gasteiger partial charge in [-0.1, -0.05) is 0 Å². The molecule has 0 bridgehead atoms. The van der Waals surface area contributed by atoms with Crippen molar-refractivity contribution >= 4 is 34.4 Å². The molecule has 5 rings (SSSR count). The van der Waals surface area contributed by atoms with Crippen LogP contribution in [-0.2, 0) is 20.7 Å². The first-order valence-electron chi connectivity index (χ1n) is 13.0. The SMILES string of the molecule is Cc1cc(C(=O)N2C=C(C(=O)OC(C)C)c3[nH]c4ncccc4c3CC2C(=O)N2CCCCC2)ccc1F. The number of esters is 1. The minimum absolute atomic E-state index is 0.132. The summed E-state index contributed by atoms with van der Waals surface area (Å²) in [5, 5.41) is 0.772. The third kappa shape index (κ3) is 4.80. The fourth-order valence-corrected chi connectivity index (χ4v) is 5.19. The molecular weight excluding hydrogens is 487 g/mol. The molecule has 1 saturated heterocycles. The molecule has 1 fully saturated rings. The fraction of sp³-hybridized carbons (Fsp3) is 0.379. The molecule has 1 atom stereocenters. The number of hydrogen-bond acceptors (Lipinski definition) is 5. The van der Waals surface area contributed by atoms with Gasteiger partial charge in [0.1, 0.15) is 17.5 Å². The van der Waals surface area contributed by atoms with E-state index >= 15 is 0 Å². The number of fused-ring (bicyclic) bond motifs is 3. The Kier molecular flexibility index (Phi) is 7.01. The van der Waals surface area contributed by atoms with Crippen LogP contribution in [-0.4, -0.2) is 62.8 Å². The van der Waals surface area contributed by atoms with Gasteiger partial charge in [0.05, 0.1) is 17.4 Å². The Bertz CT molecular complexity index is 1440. The lowest BCUT2D eigenvalue weighted by Gasteiger charge is -2.34. The topological polar surface area (TPSA) is 95.6 Å². The summed E-state index contributed by atoms with van der Waals surface area (Å²) >= 11 is 0. The number of nitrogens with one attached hydrogen (secondary N) is 1. The molecule has 2 aliphatic rings. The van der Waals surface area contributed by atoms with E-state index in [0.29, 0.717) is 30.0 Å². The highest BCUT2D eigenvalue weighted by atomic mass is 19.1. The molecule has 0 radical (unpaired) electrons. The van der Waals surface area contributed by atoms with Crippen LogP contribution in [0.25, 0.3) is 16.6 Å². The van der Waals surface area contributed by atoms with Gasteiger partial charge in [-0.05, 0) is 81.5 Å². The lowest BCUT2D eigenvalue weighted by Crippen LogP contribution is -2.51. The first kappa shape index (κ1) is 25.6. The average molecular weight is 519 g/mol. The Morgan fingerprint density at radius 2 is 1.89 bits per heavy atom. The van der Waals surface area contributed by atoms with Crippen LogP contribution < -0.4 is 0 Å². The maximum absolute atomic E-state index is 14.0. The Hall–Kier alpha value is -4.01. The number of hydrogen-bond donors (Lipinski definition) is 1. The summed E-state index contributed by atoms with van der Waals surface area (Å²) in [5.74, 6) is -1.72. The molecule has 2 aliphatic heterocycles. The van der Waals surface area contributed by atoms with Gasteiger partial charge in [-0.2, -0.15) is 0 Å². The molecule has 9 heteroatoms. The van der Waals surface area contributed by atoms with Crippen LogP contribution in [0.5, 0.6) is 0 Å². The largest absolute Gasteiger partial charge is 0.459 e. The molecule has 2 amide bonds. The number of aryl methyl sites for hydroxylation is 1. The summed E-state index contributed by atoms with van der Waals surface area (Å²) in [6.07, 6.45) is 5.69. The van der Waals surface area contributed by atoms with E-state index in [1.54, 1.807) is 37.9 Å². The smallest absolute Gasteiger partial charge is 0.342 e. The Morgan fingerprint density at radius 1 is 1.13 bits per heavy atom. The number of carbonyl (C=O) groups is 3. The van der Waals surface area contributed by atoms with Gasteiger partial charge in [-0.25, -0.2) is 14.2 Å². The number of aromatic nitrogens is 2. The number of amides is 2. The predicted molar refractivity (Wildman–Crippen MR) is 141 cm³/mol. The van der Waals surface area contributed by atoms with Gasteiger partial charge in [0.15, 0.2) is 0 Å². The van der Waals surface area contributed by atoms with Crippen molar-refractivity contribution in [2.45, 2.75) is 58.6 Å². The second-order valence-electron chi connectivity index (χ2n) is 10.2. The summed E-state index contributed by atoms with van der Waals surface area (Å²) in [4.78, 5) is 52.1. The molecule has 0 aliphatic carbocycles. The highest BCUT2D eigenvalue weighted by Crippen LogP contribution is 2.34. The summed E-state index contributed by atoms with van der Waals surface area (Å²) in [5.41, 5.74) is 2.46. The number of ether oxygens (including phenoxy) is 1. The summed E-state index contributed by atoms with van der Waals surface area (Å²) in [6, 6.07) is 6.87. The minimum Gasteiger partial charge on any atom is -0.459 e. The number of pyridine rings is 1. The van der Waals surface area contributed by atoms with Crippen LogP contribution in [0.15, 0.2) is 42.7 Å². The lowest BCUT2D eigenvalue weighted by atomic mass is 9.99. The zero-order chi connectivity index (χ0) is 27.0. The molecule has 198 valence electrons. The van der Waals surface area contributed by atoms with Crippen LogP contribution in [0.2, 0.25) is 0 Å². The van der Waals surface area contributed by atoms with Gasteiger partial charge in [0.25, 0.3) is 5.91 Å². The molecule has 1 unspecified atom stereocenters. The number of likely N-dealkylation sites (tertiary alicyclic amines) is 1. The van der Waals surface area contributed by atoms with E-state index in [0.717, 1.165) is 30.2 Å². The molecule has 4 heterocycles. The Labute approximate surface area is 220 Å².